The molecule has 0 radical (unpaired) electrons. The average Bonchev–Trinajstić information content (AvgIpc) is 3.21. The second-order valence-corrected chi connectivity index (χ2v) is 12.6. The Hall–Kier alpha value is -0.580. The lowest BCUT2D eigenvalue weighted by Crippen LogP contribution is -2.56. The fourth-order valence-electron chi connectivity index (χ4n) is 9.33. The molecule has 4 fully saturated rings. The summed E-state index contributed by atoms with van der Waals surface area (Å²) in [6.07, 6.45) is 9.02. The van der Waals surface area contributed by atoms with E-state index < -0.39 is 12.2 Å². The van der Waals surface area contributed by atoms with Gasteiger partial charge in [-0.1, -0.05) is 20.8 Å². The van der Waals surface area contributed by atoms with E-state index in [1.54, 1.807) is 0 Å². The minimum atomic E-state index is -0.548. The van der Waals surface area contributed by atoms with Gasteiger partial charge in [-0.25, -0.2) is 0 Å². The van der Waals surface area contributed by atoms with Crippen molar-refractivity contribution in [1.29, 1.82) is 0 Å². The maximum Gasteiger partial charge on any atom is 0.106 e. The van der Waals surface area contributed by atoms with E-state index in [2.05, 4.69) is 27.7 Å². The highest BCUT2D eigenvalue weighted by molar-refractivity contribution is 5.26. The van der Waals surface area contributed by atoms with Crippen molar-refractivity contribution in [3.05, 3.63) is 11.3 Å². The number of hydrogen-bond acceptors (Lipinski definition) is 4. The molecule has 0 amide bonds. The number of aliphatic hydroxyl groups excluding tert-OH is 3. The Kier molecular flexibility index (Phi) is 5.55. The van der Waals surface area contributed by atoms with E-state index in [-0.39, 0.29) is 12.0 Å². The Balaban J connectivity index is 1.37. The van der Waals surface area contributed by atoms with Crippen LogP contribution in [-0.2, 0) is 4.74 Å². The van der Waals surface area contributed by atoms with Crippen LogP contribution in [0, 0.1) is 46.3 Å². The number of ether oxygens (including phenoxy) is 1. The highest BCUT2D eigenvalue weighted by atomic mass is 16.5. The Bertz CT molecular complexity index is 733. The molecule has 0 saturated heterocycles. The second kappa shape index (κ2) is 7.74. The summed E-state index contributed by atoms with van der Waals surface area (Å²) in [5.41, 5.74) is 2.00. The summed E-state index contributed by atoms with van der Waals surface area (Å²) in [4.78, 5) is 0. The van der Waals surface area contributed by atoms with Crippen LogP contribution in [-0.4, -0.2) is 40.2 Å². The van der Waals surface area contributed by atoms with Crippen LogP contribution in [0.25, 0.3) is 0 Å². The smallest absolute Gasteiger partial charge is 0.106 e. The van der Waals surface area contributed by atoms with Gasteiger partial charge in [-0.2, -0.15) is 0 Å². The Morgan fingerprint density at radius 1 is 1.03 bits per heavy atom. The van der Waals surface area contributed by atoms with Gasteiger partial charge in [0.05, 0.1) is 18.0 Å². The summed E-state index contributed by atoms with van der Waals surface area (Å²) in [6.45, 7) is 9.68. The number of hydrogen-bond donors (Lipinski definition) is 3. The molecule has 3 N–H and O–H groups in total. The normalized spacial score (nSPS) is 52.1. The second-order valence-electron chi connectivity index (χ2n) is 12.6. The third kappa shape index (κ3) is 3.26. The summed E-state index contributed by atoms with van der Waals surface area (Å²) < 4.78 is 6.62. The maximum absolute atomic E-state index is 10.5. The third-order valence-corrected chi connectivity index (χ3v) is 11.1. The first-order valence-electron chi connectivity index (χ1n) is 13.0. The van der Waals surface area contributed by atoms with E-state index in [1.165, 1.54) is 43.4 Å². The Labute approximate surface area is 188 Å². The largest absolute Gasteiger partial charge is 0.494 e. The standard InChI is InChI=1S/C27H44O4/c1-15(14-28)5-8-23-16(2)25-24(31-23)12-20-18-7-6-17-11-21(29)22(30)13-27(17,4)19(18)9-10-26(20,25)3/h15,17-22,24-25,28-30H,5-14H2,1-4H3/t15-,17+,18-,19+,20+,21-,22-,24+,25+,26+,27+/m1/s1. The minimum absolute atomic E-state index is 0.178. The fourth-order valence-corrected chi connectivity index (χ4v) is 9.33. The number of fused-ring (bicyclic) bond motifs is 7. The first kappa shape index (κ1) is 22.2. The van der Waals surface area contributed by atoms with Crippen molar-refractivity contribution in [1.82, 2.24) is 0 Å². The van der Waals surface area contributed by atoms with Gasteiger partial charge in [0.1, 0.15) is 6.10 Å². The van der Waals surface area contributed by atoms with Crippen molar-refractivity contribution in [3.8, 4) is 0 Å². The van der Waals surface area contributed by atoms with Crippen molar-refractivity contribution < 1.29 is 20.1 Å². The van der Waals surface area contributed by atoms with Crippen LogP contribution in [0.15, 0.2) is 11.3 Å². The van der Waals surface area contributed by atoms with Gasteiger partial charge < -0.3 is 20.1 Å². The van der Waals surface area contributed by atoms with E-state index in [0.29, 0.717) is 35.2 Å². The lowest BCUT2D eigenvalue weighted by molar-refractivity contribution is -0.158. The van der Waals surface area contributed by atoms with Crippen LogP contribution in [0.4, 0.5) is 0 Å². The van der Waals surface area contributed by atoms with Crippen molar-refractivity contribution in [2.75, 3.05) is 6.61 Å². The SMILES string of the molecule is CC1=C(CC[C@@H](C)CO)O[C@H]2C[C@H]3[C@@H]4CC[C@H]5C[C@@H](O)[C@H](O)C[C@]5(C)[C@H]4CC[C@]3(C)[C@@H]12. The van der Waals surface area contributed by atoms with E-state index in [9.17, 15) is 15.3 Å². The minimum Gasteiger partial charge on any atom is -0.494 e. The lowest BCUT2D eigenvalue weighted by Gasteiger charge is -2.61. The van der Waals surface area contributed by atoms with E-state index in [1.807, 2.05) is 0 Å². The molecule has 31 heavy (non-hydrogen) atoms. The van der Waals surface area contributed by atoms with Crippen LogP contribution >= 0.6 is 0 Å². The van der Waals surface area contributed by atoms with E-state index >= 15 is 0 Å². The molecular formula is C27H44O4. The first-order chi connectivity index (χ1) is 14.7. The first-order valence-corrected chi connectivity index (χ1v) is 13.0. The lowest BCUT2D eigenvalue weighted by atomic mass is 9.44. The summed E-state index contributed by atoms with van der Waals surface area (Å²) in [7, 11) is 0. The molecule has 1 aliphatic heterocycles. The molecule has 176 valence electrons. The van der Waals surface area contributed by atoms with Crippen LogP contribution < -0.4 is 0 Å². The molecule has 4 saturated carbocycles. The van der Waals surface area contributed by atoms with Crippen LogP contribution in [0.5, 0.6) is 0 Å². The molecule has 0 bridgehead atoms. The highest BCUT2D eigenvalue weighted by Gasteiger charge is 2.64. The molecule has 11 atom stereocenters. The predicted molar refractivity (Wildman–Crippen MR) is 121 cm³/mol. The number of allylic oxidation sites excluding steroid dienone is 1. The van der Waals surface area contributed by atoms with E-state index in [0.717, 1.165) is 37.5 Å². The predicted octanol–water partition coefficient (Wildman–Crippen LogP) is 4.67. The Morgan fingerprint density at radius 2 is 1.81 bits per heavy atom. The van der Waals surface area contributed by atoms with Gasteiger partial charge in [-0.05, 0) is 104 Å². The number of rotatable bonds is 4. The van der Waals surface area contributed by atoms with Gasteiger partial charge in [-0.3, -0.25) is 0 Å². The van der Waals surface area contributed by atoms with Gasteiger partial charge in [0.15, 0.2) is 0 Å². The fraction of sp³-hybridized carbons (Fsp3) is 0.926. The van der Waals surface area contributed by atoms with Crippen molar-refractivity contribution in [3.63, 3.8) is 0 Å². The topological polar surface area (TPSA) is 69.9 Å². The molecule has 1 heterocycles. The monoisotopic (exact) mass is 432 g/mol. The molecule has 4 nitrogen and oxygen atoms in total. The molecule has 0 aromatic rings. The van der Waals surface area contributed by atoms with Gasteiger partial charge in [0, 0.05) is 18.9 Å². The zero-order valence-electron chi connectivity index (χ0n) is 20.0. The van der Waals surface area contributed by atoms with Crippen LogP contribution in [0.2, 0.25) is 0 Å². The molecule has 4 heteroatoms. The zero-order chi connectivity index (χ0) is 22.1. The van der Waals surface area contributed by atoms with Crippen molar-refractivity contribution in [2.24, 2.45) is 46.3 Å². The maximum atomic E-state index is 10.5. The van der Waals surface area contributed by atoms with Gasteiger partial charge in [-0.15, -0.1) is 0 Å². The Morgan fingerprint density at radius 3 is 2.55 bits per heavy atom. The molecule has 0 unspecified atom stereocenters. The summed E-state index contributed by atoms with van der Waals surface area (Å²) >= 11 is 0. The highest BCUT2D eigenvalue weighted by Crippen LogP contribution is 2.69. The number of aliphatic hydroxyl groups is 3. The van der Waals surface area contributed by atoms with Crippen LogP contribution in [0.3, 0.4) is 0 Å². The third-order valence-electron chi connectivity index (χ3n) is 11.1. The quantitative estimate of drug-likeness (QED) is 0.604. The van der Waals surface area contributed by atoms with Gasteiger partial charge in [0.2, 0.25) is 0 Å². The molecule has 5 rings (SSSR count). The molecule has 4 aliphatic carbocycles. The summed E-state index contributed by atoms with van der Waals surface area (Å²) in [6, 6.07) is 0. The molecular weight excluding hydrogens is 388 g/mol. The molecule has 5 aliphatic rings. The molecule has 0 aromatic heterocycles. The zero-order valence-corrected chi connectivity index (χ0v) is 20.0. The molecule has 0 spiro atoms. The average molecular weight is 433 g/mol. The summed E-state index contributed by atoms with van der Waals surface area (Å²) in [5, 5.41) is 30.2. The van der Waals surface area contributed by atoms with Crippen molar-refractivity contribution in [2.45, 2.75) is 104 Å². The summed E-state index contributed by atoms with van der Waals surface area (Å²) in [5.74, 6) is 4.82. The van der Waals surface area contributed by atoms with Crippen LogP contribution in [0.1, 0.15) is 85.5 Å². The van der Waals surface area contributed by atoms with Crippen molar-refractivity contribution >= 4 is 0 Å². The molecule has 0 aromatic carbocycles. The van der Waals surface area contributed by atoms with Gasteiger partial charge >= 0.3 is 0 Å². The van der Waals surface area contributed by atoms with Gasteiger partial charge in [0.25, 0.3) is 0 Å². The van der Waals surface area contributed by atoms with E-state index in [4.69, 9.17) is 4.74 Å².